The molecular weight excluding hydrogens is 751 g/mol. The lowest BCUT2D eigenvalue weighted by Crippen LogP contribution is -2.70. The first-order valence-electron chi connectivity index (χ1n) is 20.4. The highest BCUT2D eigenvalue weighted by Crippen LogP contribution is 2.63. The molecule has 2 nitrogen and oxygen atoms in total. The molecule has 14 rings (SSSR count). The van der Waals surface area contributed by atoms with Crippen molar-refractivity contribution in [3.8, 4) is 22.3 Å². The molecule has 9 aromatic carbocycles. The van der Waals surface area contributed by atoms with Gasteiger partial charge in [-0.05, 0) is 114 Å². The Balaban J connectivity index is 1.12. The van der Waals surface area contributed by atoms with E-state index < -0.39 is 13.5 Å². The van der Waals surface area contributed by atoms with Crippen molar-refractivity contribution < 1.29 is 4.42 Å². The number of fused-ring (bicyclic) bond motifs is 21. The summed E-state index contributed by atoms with van der Waals surface area (Å²) in [5.41, 5.74) is 15.4. The lowest BCUT2D eigenvalue weighted by atomic mass is 9.62. The molecule has 0 atom stereocenters. The number of hydrogen-bond donors (Lipinski definition) is 0. The molecule has 4 aliphatic heterocycles. The molecule has 0 N–H and O–H groups in total. The van der Waals surface area contributed by atoms with Crippen molar-refractivity contribution in [3.05, 3.63) is 222 Å². The number of para-hydroxylation sites is 2. The van der Waals surface area contributed by atoms with Crippen LogP contribution in [0.4, 0.5) is 17.1 Å². The molecule has 59 heavy (non-hydrogen) atoms. The Labute approximate surface area is 347 Å². The maximum absolute atomic E-state index is 6.77. The molecule has 0 radical (unpaired) electrons. The fourth-order valence-electron chi connectivity index (χ4n) is 11.6. The molecule has 0 fully saturated rings. The van der Waals surface area contributed by atoms with Crippen LogP contribution in [-0.2, 0) is 5.41 Å². The minimum atomic E-state index is -2.68. The SMILES string of the molecule is c1ccc2c(c1)Sc1ccccc1C21c2ccccc2N(c2ccc3c(c2)[Si]2(c4ccccc4-c4ccccc42)c2ccccc2-3)c2cc3c(cc21)oc1ccccc13. The number of nitrogens with zero attached hydrogens (tertiary/aromatic N) is 1. The summed E-state index contributed by atoms with van der Waals surface area (Å²) < 4.78 is 6.77. The summed E-state index contributed by atoms with van der Waals surface area (Å²) in [6.07, 6.45) is 0. The van der Waals surface area contributed by atoms with E-state index in [1.54, 1.807) is 0 Å². The highest BCUT2D eigenvalue weighted by molar-refractivity contribution is 7.99. The topological polar surface area (TPSA) is 16.4 Å². The van der Waals surface area contributed by atoms with Crippen LogP contribution in [0, 0.1) is 0 Å². The van der Waals surface area contributed by atoms with Gasteiger partial charge in [0.15, 0.2) is 8.07 Å². The van der Waals surface area contributed by atoms with E-state index in [9.17, 15) is 0 Å². The molecule has 5 heterocycles. The maximum Gasteiger partial charge on any atom is 0.182 e. The molecule has 0 saturated carbocycles. The summed E-state index contributed by atoms with van der Waals surface area (Å²) in [5.74, 6) is 0. The zero-order valence-electron chi connectivity index (χ0n) is 31.8. The van der Waals surface area contributed by atoms with Crippen LogP contribution in [0.25, 0.3) is 44.2 Å². The Morgan fingerprint density at radius 1 is 0.390 bits per heavy atom. The smallest absolute Gasteiger partial charge is 0.182 e. The summed E-state index contributed by atoms with van der Waals surface area (Å²) in [6, 6.07) is 75.6. The van der Waals surface area contributed by atoms with Gasteiger partial charge >= 0.3 is 0 Å². The van der Waals surface area contributed by atoms with Crippen molar-refractivity contribution in [1.29, 1.82) is 0 Å². The first-order chi connectivity index (χ1) is 29.3. The number of rotatable bonds is 1. The van der Waals surface area contributed by atoms with E-state index in [1.807, 2.05) is 11.8 Å². The molecular formula is C55H33NOSSi. The van der Waals surface area contributed by atoms with Gasteiger partial charge in [0.05, 0.1) is 16.8 Å². The number of anilines is 3. The van der Waals surface area contributed by atoms with Crippen LogP contribution >= 0.6 is 11.8 Å². The number of hydrogen-bond acceptors (Lipinski definition) is 3. The molecule has 0 aliphatic carbocycles. The van der Waals surface area contributed by atoms with Gasteiger partial charge in [0.25, 0.3) is 0 Å². The lowest BCUT2D eigenvalue weighted by molar-refractivity contribution is 0.659. The zero-order valence-corrected chi connectivity index (χ0v) is 33.6. The van der Waals surface area contributed by atoms with Crippen molar-refractivity contribution in [1.82, 2.24) is 0 Å². The second kappa shape index (κ2) is 11.4. The summed E-state index contributed by atoms with van der Waals surface area (Å²) >= 11 is 1.88. The van der Waals surface area contributed by atoms with Crippen LogP contribution in [0.1, 0.15) is 22.3 Å². The summed E-state index contributed by atoms with van der Waals surface area (Å²) in [5, 5.41) is 8.19. The van der Waals surface area contributed by atoms with Crippen molar-refractivity contribution in [3.63, 3.8) is 0 Å². The van der Waals surface area contributed by atoms with Crippen LogP contribution in [0.2, 0.25) is 0 Å². The Morgan fingerprint density at radius 2 is 0.932 bits per heavy atom. The van der Waals surface area contributed by atoms with Crippen LogP contribution in [0.15, 0.2) is 214 Å². The minimum Gasteiger partial charge on any atom is -0.456 e. The van der Waals surface area contributed by atoms with E-state index in [1.165, 1.54) is 92.1 Å². The highest BCUT2D eigenvalue weighted by Gasteiger charge is 2.55. The Bertz CT molecular complexity index is 3360. The second-order valence-corrected chi connectivity index (χ2v) is 21.0. The fraction of sp³-hybridized carbons (Fsp3) is 0.0182. The third-order valence-electron chi connectivity index (χ3n) is 13.7. The van der Waals surface area contributed by atoms with Crippen molar-refractivity contribution in [2.75, 3.05) is 4.90 Å². The summed E-state index contributed by atoms with van der Waals surface area (Å²) in [7, 11) is -2.68. The van der Waals surface area contributed by atoms with Crippen LogP contribution in [0.5, 0.6) is 0 Å². The number of furan rings is 1. The van der Waals surface area contributed by atoms with Gasteiger partial charge in [-0.15, -0.1) is 0 Å². The first-order valence-corrected chi connectivity index (χ1v) is 23.2. The van der Waals surface area contributed by atoms with E-state index in [-0.39, 0.29) is 0 Å². The molecule has 1 aromatic heterocycles. The molecule has 0 amide bonds. The van der Waals surface area contributed by atoms with Crippen LogP contribution in [0.3, 0.4) is 0 Å². The zero-order chi connectivity index (χ0) is 38.5. The molecule has 10 aromatic rings. The molecule has 2 spiro atoms. The van der Waals surface area contributed by atoms with Crippen molar-refractivity contribution in [2.24, 2.45) is 0 Å². The van der Waals surface area contributed by atoms with Crippen molar-refractivity contribution >= 4 is 79.6 Å². The molecule has 0 saturated heterocycles. The van der Waals surface area contributed by atoms with E-state index in [0.717, 1.165) is 21.9 Å². The van der Waals surface area contributed by atoms with Crippen molar-refractivity contribution in [2.45, 2.75) is 15.2 Å². The average Bonchev–Trinajstić information content (AvgIpc) is 3.92. The molecule has 0 bridgehead atoms. The monoisotopic (exact) mass is 783 g/mol. The molecule has 4 heteroatoms. The van der Waals surface area contributed by atoms with Gasteiger partial charge in [-0.1, -0.05) is 163 Å². The quantitative estimate of drug-likeness (QED) is 0.154. The van der Waals surface area contributed by atoms with Gasteiger partial charge < -0.3 is 9.32 Å². The standard InChI is InChI=1S/C55H33NOSSi/c1-9-23-47-35(15-1)40-32-46-44(33-48(40)57-47)55(42-20-6-10-24-49(42)58-50-25-11-7-21-43(50)55)41-19-5-8-22-45(41)56(46)34-29-30-39-38-18-4-14-28-53(38)59(54(39)31-34)51-26-12-2-16-36(51)37-17-3-13-27-52(37)59/h1-33H. The highest BCUT2D eigenvalue weighted by atomic mass is 32.2. The van der Waals surface area contributed by atoms with Gasteiger partial charge in [0.2, 0.25) is 0 Å². The van der Waals surface area contributed by atoms with Gasteiger partial charge in [0.1, 0.15) is 11.2 Å². The lowest BCUT2D eigenvalue weighted by Gasteiger charge is -2.49. The predicted molar refractivity (Wildman–Crippen MR) is 246 cm³/mol. The Hall–Kier alpha value is -6.85. The van der Waals surface area contributed by atoms with E-state index in [0.29, 0.717) is 0 Å². The molecule has 274 valence electrons. The van der Waals surface area contributed by atoms with Gasteiger partial charge in [-0.3, -0.25) is 0 Å². The molecule has 4 aliphatic rings. The summed E-state index contributed by atoms with van der Waals surface area (Å²) in [6.45, 7) is 0. The second-order valence-electron chi connectivity index (χ2n) is 16.3. The average molecular weight is 784 g/mol. The maximum atomic E-state index is 6.77. The first kappa shape index (κ1) is 32.1. The van der Waals surface area contributed by atoms with Gasteiger partial charge in [-0.2, -0.15) is 0 Å². The molecule has 0 unspecified atom stereocenters. The van der Waals surface area contributed by atoms with Crippen LogP contribution in [-0.4, -0.2) is 8.07 Å². The van der Waals surface area contributed by atoms with Gasteiger partial charge in [-0.25, -0.2) is 0 Å². The van der Waals surface area contributed by atoms with E-state index in [4.69, 9.17) is 4.42 Å². The van der Waals surface area contributed by atoms with E-state index >= 15 is 0 Å². The van der Waals surface area contributed by atoms with Gasteiger partial charge in [0, 0.05) is 26.3 Å². The predicted octanol–water partition coefficient (Wildman–Crippen LogP) is 11.6. The Morgan fingerprint density at radius 3 is 1.61 bits per heavy atom. The van der Waals surface area contributed by atoms with Crippen LogP contribution < -0.4 is 25.6 Å². The summed E-state index contributed by atoms with van der Waals surface area (Å²) in [4.78, 5) is 5.14. The number of benzene rings is 9. The largest absolute Gasteiger partial charge is 0.456 e. The fourth-order valence-corrected chi connectivity index (χ4v) is 18.4. The van der Waals surface area contributed by atoms with E-state index in [2.05, 4.69) is 205 Å². The minimum absolute atomic E-state index is 0.583. The Kier molecular flexibility index (Phi) is 6.22. The normalized spacial score (nSPS) is 15.3. The third-order valence-corrected chi connectivity index (χ3v) is 19.8. The third kappa shape index (κ3) is 3.85.